The first-order valence-corrected chi connectivity index (χ1v) is 10.2. The highest BCUT2D eigenvalue weighted by molar-refractivity contribution is 5.99. The van der Waals surface area contributed by atoms with E-state index >= 15 is 0 Å². The highest BCUT2D eigenvalue weighted by Crippen LogP contribution is 2.28. The fraction of sp³-hybridized carbons (Fsp3) is 0.318. The first kappa shape index (κ1) is 20.8. The summed E-state index contributed by atoms with van der Waals surface area (Å²) in [5, 5.41) is 7.05. The van der Waals surface area contributed by atoms with Gasteiger partial charge in [0.2, 0.25) is 5.88 Å². The number of nitrogens with two attached hydrogens (primary N) is 2. The molecule has 0 saturated heterocycles. The molecule has 1 unspecified atom stereocenters. The summed E-state index contributed by atoms with van der Waals surface area (Å²) in [6.45, 7) is 0. The van der Waals surface area contributed by atoms with Crippen molar-refractivity contribution in [2.24, 2.45) is 11.5 Å². The predicted molar refractivity (Wildman–Crippen MR) is 118 cm³/mol. The van der Waals surface area contributed by atoms with Crippen LogP contribution in [0.5, 0.6) is 5.88 Å². The maximum Gasteiger partial charge on any atom is 0.252 e. The Morgan fingerprint density at radius 3 is 2.68 bits per heavy atom. The fourth-order valence-electron chi connectivity index (χ4n) is 3.82. The zero-order valence-electron chi connectivity index (χ0n) is 17.2. The van der Waals surface area contributed by atoms with E-state index in [1.807, 2.05) is 18.2 Å². The zero-order valence-corrected chi connectivity index (χ0v) is 17.2. The van der Waals surface area contributed by atoms with Gasteiger partial charge in [-0.1, -0.05) is 12.8 Å². The molecule has 1 saturated carbocycles. The average Bonchev–Trinajstić information content (AvgIpc) is 2.76. The number of carbonyl (C=O) groups excluding carboxylic acids is 1. The Balaban J connectivity index is 1.65. The van der Waals surface area contributed by atoms with Crippen LogP contribution in [0.4, 0.5) is 21.7 Å². The van der Waals surface area contributed by atoms with E-state index in [2.05, 4.69) is 20.6 Å². The van der Waals surface area contributed by atoms with Gasteiger partial charge in [0.25, 0.3) is 5.91 Å². The SMILES string of the molecule is COc1ccc2cc(Nc3nc(NC4CCCC[C@@H]4N)c(F)cc3C(N)=O)ccc2n1. The number of halogens is 1. The van der Waals surface area contributed by atoms with Gasteiger partial charge >= 0.3 is 0 Å². The molecular weight excluding hydrogens is 399 g/mol. The first-order valence-electron chi connectivity index (χ1n) is 10.2. The number of nitrogens with zero attached hydrogens (tertiary/aromatic N) is 2. The summed E-state index contributed by atoms with van der Waals surface area (Å²) in [7, 11) is 1.56. The summed E-state index contributed by atoms with van der Waals surface area (Å²) in [5.41, 5.74) is 13.0. The number of benzene rings is 1. The summed E-state index contributed by atoms with van der Waals surface area (Å²) in [6, 6.07) is 10.0. The molecule has 4 rings (SSSR count). The fourth-order valence-corrected chi connectivity index (χ4v) is 3.82. The zero-order chi connectivity index (χ0) is 22.0. The van der Waals surface area contributed by atoms with Crippen LogP contribution in [-0.4, -0.2) is 35.1 Å². The van der Waals surface area contributed by atoms with Gasteiger partial charge in [-0.2, -0.15) is 0 Å². The third-order valence-corrected chi connectivity index (χ3v) is 5.52. The molecule has 2 atom stereocenters. The molecule has 1 aliphatic carbocycles. The monoisotopic (exact) mass is 424 g/mol. The number of amides is 1. The van der Waals surface area contributed by atoms with E-state index in [0.717, 1.165) is 42.7 Å². The molecule has 0 aliphatic heterocycles. The van der Waals surface area contributed by atoms with Gasteiger partial charge in [0.1, 0.15) is 5.82 Å². The van der Waals surface area contributed by atoms with Crippen LogP contribution in [0.25, 0.3) is 10.9 Å². The van der Waals surface area contributed by atoms with E-state index in [1.165, 1.54) is 0 Å². The molecule has 1 aromatic carbocycles. The summed E-state index contributed by atoms with van der Waals surface area (Å²) in [4.78, 5) is 20.6. The van der Waals surface area contributed by atoms with Gasteiger partial charge in [-0.3, -0.25) is 4.79 Å². The lowest BCUT2D eigenvalue weighted by molar-refractivity contribution is 0.100. The number of hydrogen-bond donors (Lipinski definition) is 4. The molecule has 2 heterocycles. The first-order chi connectivity index (χ1) is 14.9. The molecule has 1 fully saturated rings. The van der Waals surface area contributed by atoms with Gasteiger partial charge in [0.15, 0.2) is 11.6 Å². The molecule has 1 amide bonds. The highest BCUT2D eigenvalue weighted by Gasteiger charge is 2.24. The number of carbonyl (C=O) groups is 1. The van der Waals surface area contributed by atoms with Gasteiger partial charge in [-0.25, -0.2) is 14.4 Å². The lowest BCUT2D eigenvalue weighted by atomic mass is 9.91. The normalized spacial score (nSPS) is 18.5. The van der Waals surface area contributed by atoms with Gasteiger partial charge in [0, 0.05) is 29.2 Å². The van der Waals surface area contributed by atoms with Crippen LogP contribution in [0, 0.1) is 5.82 Å². The quantitative estimate of drug-likeness (QED) is 0.478. The number of hydrogen-bond acceptors (Lipinski definition) is 7. The van der Waals surface area contributed by atoms with Crippen molar-refractivity contribution in [3.8, 4) is 5.88 Å². The molecule has 9 heteroatoms. The molecular formula is C22H25FN6O2. The van der Waals surface area contributed by atoms with E-state index < -0.39 is 11.7 Å². The van der Waals surface area contributed by atoms with Crippen LogP contribution in [0.15, 0.2) is 36.4 Å². The van der Waals surface area contributed by atoms with E-state index in [0.29, 0.717) is 11.6 Å². The number of aromatic nitrogens is 2. The maximum atomic E-state index is 14.7. The van der Waals surface area contributed by atoms with Crippen molar-refractivity contribution in [3.63, 3.8) is 0 Å². The Morgan fingerprint density at radius 1 is 1.13 bits per heavy atom. The molecule has 162 valence electrons. The number of ether oxygens (including phenoxy) is 1. The van der Waals surface area contributed by atoms with E-state index in [1.54, 1.807) is 19.2 Å². The number of primary amides is 1. The van der Waals surface area contributed by atoms with Crippen molar-refractivity contribution in [3.05, 3.63) is 47.8 Å². The second kappa shape index (κ2) is 8.73. The maximum absolute atomic E-state index is 14.7. The Morgan fingerprint density at radius 2 is 1.94 bits per heavy atom. The Kier molecular flexibility index (Phi) is 5.85. The van der Waals surface area contributed by atoms with Crippen molar-refractivity contribution in [1.82, 2.24) is 9.97 Å². The van der Waals surface area contributed by atoms with Crippen molar-refractivity contribution in [1.29, 1.82) is 0 Å². The molecule has 0 radical (unpaired) electrons. The molecule has 31 heavy (non-hydrogen) atoms. The van der Waals surface area contributed by atoms with Crippen LogP contribution < -0.4 is 26.8 Å². The second-order valence-corrected chi connectivity index (χ2v) is 7.66. The third-order valence-electron chi connectivity index (χ3n) is 5.52. The van der Waals surface area contributed by atoms with E-state index in [-0.39, 0.29) is 29.3 Å². The van der Waals surface area contributed by atoms with Gasteiger partial charge in [-0.15, -0.1) is 0 Å². The summed E-state index contributed by atoms with van der Waals surface area (Å²) in [5.74, 6) is -0.696. The smallest absolute Gasteiger partial charge is 0.252 e. The van der Waals surface area contributed by atoms with Crippen LogP contribution in [0.2, 0.25) is 0 Å². The Bertz CT molecular complexity index is 1120. The molecule has 0 bridgehead atoms. The minimum atomic E-state index is -0.776. The number of rotatable bonds is 6. The molecule has 6 N–H and O–H groups in total. The summed E-state index contributed by atoms with van der Waals surface area (Å²) >= 11 is 0. The Labute approximate surface area is 179 Å². The highest BCUT2D eigenvalue weighted by atomic mass is 19.1. The number of methoxy groups -OCH3 is 1. The topological polar surface area (TPSA) is 128 Å². The Hall–Kier alpha value is -3.46. The summed E-state index contributed by atoms with van der Waals surface area (Å²) < 4.78 is 19.8. The van der Waals surface area contributed by atoms with Gasteiger partial charge < -0.3 is 26.8 Å². The van der Waals surface area contributed by atoms with Crippen LogP contribution >= 0.6 is 0 Å². The lowest BCUT2D eigenvalue weighted by Gasteiger charge is -2.30. The van der Waals surface area contributed by atoms with Crippen LogP contribution in [-0.2, 0) is 0 Å². The average molecular weight is 424 g/mol. The summed E-state index contributed by atoms with van der Waals surface area (Å²) in [6.07, 6.45) is 3.79. The molecule has 3 aromatic rings. The van der Waals surface area contributed by atoms with Crippen LogP contribution in [0.1, 0.15) is 36.0 Å². The molecule has 2 aromatic heterocycles. The number of fused-ring (bicyclic) bond motifs is 1. The van der Waals surface area contributed by atoms with E-state index in [9.17, 15) is 9.18 Å². The molecule has 1 aliphatic rings. The van der Waals surface area contributed by atoms with Crippen molar-refractivity contribution in [2.45, 2.75) is 37.8 Å². The van der Waals surface area contributed by atoms with Crippen molar-refractivity contribution < 1.29 is 13.9 Å². The van der Waals surface area contributed by atoms with Crippen LogP contribution in [0.3, 0.4) is 0 Å². The third kappa shape index (κ3) is 4.51. The minimum absolute atomic E-state index is 0.0380. The van der Waals surface area contributed by atoms with E-state index in [4.69, 9.17) is 16.2 Å². The number of nitrogens with one attached hydrogen (secondary N) is 2. The molecule has 0 spiro atoms. The number of pyridine rings is 2. The van der Waals surface area contributed by atoms with Gasteiger partial charge in [0.05, 0.1) is 18.2 Å². The van der Waals surface area contributed by atoms with Crippen molar-refractivity contribution >= 4 is 34.1 Å². The lowest BCUT2D eigenvalue weighted by Crippen LogP contribution is -2.43. The van der Waals surface area contributed by atoms with Gasteiger partial charge in [-0.05, 0) is 43.2 Å². The largest absolute Gasteiger partial charge is 0.481 e. The second-order valence-electron chi connectivity index (χ2n) is 7.66. The minimum Gasteiger partial charge on any atom is -0.481 e. The number of anilines is 3. The van der Waals surface area contributed by atoms with Crippen molar-refractivity contribution in [2.75, 3.05) is 17.7 Å². The molecule has 8 nitrogen and oxygen atoms in total. The predicted octanol–water partition coefficient (Wildman–Crippen LogP) is 3.30. The standard InChI is InChI=1S/C22H25FN6O2/c1-31-19-9-6-12-10-13(7-8-17(12)27-19)26-21-14(20(25)30)11-15(23)22(29-21)28-18-5-3-2-4-16(18)24/h6-11,16,18H,2-5,24H2,1H3,(H2,25,30)(H2,26,28,29)/t16-,18?/m0/s1.